The third-order valence-electron chi connectivity index (χ3n) is 2.62. The molecule has 1 heterocycles. The molecular weight excluding hydrogens is 206 g/mol. The molecule has 0 radical (unpaired) electrons. The highest BCUT2D eigenvalue weighted by Gasteiger charge is 2.13. The van der Waals surface area contributed by atoms with E-state index in [4.69, 9.17) is 5.11 Å². The molecule has 0 saturated heterocycles. The molecule has 0 fully saturated rings. The summed E-state index contributed by atoms with van der Waals surface area (Å²) in [7, 11) is 0. The molecule has 1 atom stereocenters. The number of nitrogens with one attached hydrogen (secondary N) is 1. The highest BCUT2D eigenvalue weighted by molar-refractivity contribution is 5.88. The first-order valence-electron chi connectivity index (χ1n) is 5.28. The molecule has 88 valence electrons. The summed E-state index contributed by atoms with van der Waals surface area (Å²) in [5.41, 5.74) is 0.681. The summed E-state index contributed by atoms with van der Waals surface area (Å²) >= 11 is 0. The monoisotopic (exact) mass is 223 g/mol. The van der Waals surface area contributed by atoms with Crippen LogP contribution in [0.2, 0.25) is 0 Å². The number of rotatable bonds is 5. The van der Waals surface area contributed by atoms with Crippen LogP contribution in [-0.2, 0) is 6.54 Å². The zero-order valence-corrected chi connectivity index (χ0v) is 9.77. The molecule has 16 heavy (non-hydrogen) atoms. The average molecular weight is 223 g/mol. The minimum absolute atomic E-state index is 0.158. The van der Waals surface area contributed by atoms with Crippen molar-refractivity contribution in [3.8, 4) is 0 Å². The second-order valence-corrected chi connectivity index (χ2v) is 4.10. The Morgan fingerprint density at radius 3 is 2.75 bits per heavy atom. The van der Waals surface area contributed by atoms with Crippen LogP contribution in [0.5, 0.6) is 0 Å². The van der Waals surface area contributed by atoms with E-state index in [0.717, 1.165) is 0 Å². The topological polar surface area (TPSA) is 75.1 Å². The summed E-state index contributed by atoms with van der Waals surface area (Å²) in [6, 6.07) is 0.316. The van der Waals surface area contributed by atoms with E-state index in [1.165, 1.54) is 12.5 Å². The van der Waals surface area contributed by atoms with Gasteiger partial charge in [0.25, 0.3) is 0 Å². The molecule has 1 aromatic rings. The summed E-state index contributed by atoms with van der Waals surface area (Å²) < 4.78 is 0. The van der Waals surface area contributed by atoms with Crippen LogP contribution in [0.1, 0.15) is 36.8 Å². The molecule has 1 rings (SSSR count). The van der Waals surface area contributed by atoms with Gasteiger partial charge in [0.15, 0.2) is 0 Å². The maximum Gasteiger partial charge on any atom is 0.339 e. The van der Waals surface area contributed by atoms with Crippen molar-refractivity contribution in [2.45, 2.75) is 33.4 Å². The van der Waals surface area contributed by atoms with Crippen molar-refractivity contribution in [1.29, 1.82) is 0 Å². The van der Waals surface area contributed by atoms with Crippen LogP contribution in [0, 0.1) is 5.92 Å². The van der Waals surface area contributed by atoms with Crippen LogP contribution in [0.15, 0.2) is 12.5 Å². The minimum atomic E-state index is -0.991. The van der Waals surface area contributed by atoms with Crippen molar-refractivity contribution in [2.24, 2.45) is 5.92 Å². The van der Waals surface area contributed by atoms with Crippen LogP contribution < -0.4 is 5.32 Å². The predicted octanol–water partition coefficient (Wildman–Crippen LogP) is 1.31. The van der Waals surface area contributed by atoms with E-state index in [0.29, 0.717) is 24.2 Å². The van der Waals surface area contributed by atoms with E-state index in [1.54, 1.807) is 0 Å². The minimum Gasteiger partial charge on any atom is -0.478 e. The number of nitrogens with zero attached hydrogens (tertiary/aromatic N) is 2. The van der Waals surface area contributed by atoms with Crippen LogP contribution in [0.4, 0.5) is 0 Å². The van der Waals surface area contributed by atoms with Gasteiger partial charge in [-0.3, -0.25) is 0 Å². The lowest BCUT2D eigenvalue weighted by molar-refractivity contribution is 0.0694. The maximum atomic E-state index is 10.9. The Balaban J connectivity index is 2.70. The fraction of sp³-hybridized carbons (Fsp3) is 0.545. The van der Waals surface area contributed by atoms with Gasteiger partial charge in [0.2, 0.25) is 0 Å². The van der Waals surface area contributed by atoms with Gasteiger partial charge in [0.05, 0.1) is 5.69 Å². The largest absolute Gasteiger partial charge is 0.478 e. The Labute approximate surface area is 94.9 Å². The zero-order valence-electron chi connectivity index (χ0n) is 9.77. The van der Waals surface area contributed by atoms with Gasteiger partial charge in [0.1, 0.15) is 11.9 Å². The van der Waals surface area contributed by atoms with Gasteiger partial charge in [-0.2, -0.15) is 0 Å². The number of aromatic nitrogens is 2. The van der Waals surface area contributed by atoms with E-state index in [9.17, 15) is 4.79 Å². The number of hydrogen-bond acceptors (Lipinski definition) is 4. The second-order valence-electron chi connectivity index (χ2n) is 4.10. The molecular formula is C11H17N3O2. The van der Waals surface area contributed by atoms with E-state index < -0.39 is 5.97 Å². The molecule has 2 N–H and O–H groups in total. The number of hydrogen-bond donors (Lipinski definition) is 2. The Bertz CT molecular complexity index is 366. The fourth-order valence-corrected chi connectivity index (χ4v) is 1.17. The number of carboxylic acids is 1. The summed E-state index contributed by atoms with van der Waals surface area (Å²) in [6.45, 7) is 6.72. The summed E-state index contributed by atoms with van der Waals surface area (Å²) in [5.74, 6) is -0.496. The van der Waals surface area contributed by atoms with Crippen molar-refractivity contribution >= 4 is 5.97 Å². The average Bonchev–Trinajstić information content (AvgIpc) is 2.25. The van der Waals surface area contributed by atoms with Gasteiger partial charge in [0, 0.05) is 18.8 Å². The first-order valence-corrected chi connectivity index (χ1v) is 5.28. The fourth-order valence-electron chi connectivity index (χ4n) is 1.17. The molecule has 5 nitrogen and oxygen atoms in total. The van der Waals surface area contributed by atoms with Crippen LogP contribution >= 0.6 is 0 Å². The number of aromatic carboxylic acids is 1. The van der Waals surface area contributed by atoms with Crippen molar-refractivity contribution in [3.63, 3.8) is 0 Å². The SMILES string of the molecule is CC(C)C(C)NCc1ncncc1C(=O)O. The molecule has 0 aliphatic heterocycles. The van der Waals surface area contributed by atoms with Crippen LogP contribution in [-0.4, -0.2) is 27.1 Å². The Morgan fingerprint density at radius 2 is 2.19 bits per heavy atom. The Kier molecular flexibility index (Phi) is 4.37. The summed E-state index contributed by atoms with van der Waals surface area (Å²) in [4.78, 5) is 18.6. The normalized spacial score (nSPS) is 12.8. The quantitative estimate of drug-likeness (QED) is 0.787. The van der Waals surface area contributed by atoms with Crippen molar-refractivity contribution in [3.05, 3.63) is 23.8 Å². The lowest BCUT2D eigenvalue weighted by atomic mass is 10.1. The number of carbonyl (C=O) groups is 1. The second kappa shape index (κ2) is 5.55. The van der Waals surface area contributed by atoms with Gasteiger partial charge >= 0.3 is 5.97 Å². The van der Waals surface area contributed by atoms with Crippen LogP contribution in [0.25, 0.3) is 0 Å². The zero-order chi connectivity index (χ0) is 12.1. The van der Waals surface area contributed by atoms with Crippen molar-refractivity contribution < 1.29 is 9.90 Å². The van der Waals surface area contributed by atoms with Gasteiger partial charge in [-0.15, -0.1) is 0 Å². The molecule has 0 aliphatic rings. The molecule has 5 heteroatoms. The first kappa shape index (κ1) is 12.6. The smallest absolute Gasteiger partial charge is 0.339 e. The molecule has 0 bridgehead atoms. The standard InChI is InChI=1S/C11H17N3O2/c1-7(2)8(3)13-5-10-9(11(15)16)4-12-6-14-10/h4,6-8,13H,5H2,1-3H3,(H,15,16). The predicted molar refractivity (Wildman–Crippen MR) is 60.1 cm³/mol. The first-order chi connectivity index (χ1) is 7.52. The van der Waals surface area contributed by atoms with Gasteiger partial charge in [-0.1, -0.05) is 13.8 Å². The number of carboxylic acid groups (broad SMARTS) is 1. The summed E-state index contributed by atoms with van der Waals surface area (Å²) in [5, 5.41) is 12.2. The molecule has 0 aromatic carbocycles. The molecule has 0 aliphatic carbocycles. The highest BCUT2D eigenvalue weighted by Crippen LogP contribution is 2.06. The molecule has 0 amide bonds. The van der Waals surface area contributed by atoms with Gasteiger partial charge < -0.3 is 10.4 Å². The van der Waals surface area contributed by atoms with Crippen molar-refractivity contribution in [2.75, 3.05) is 0 Å². The van der Waals surface area contributed by atoms with E-state index in [-0.39, 0.29) is 5.56 Å². The molecule has 0 saturated carbocycles. The van der Waals surface area contributed by atoms with E-state index in [1.807, 2.05) is 0 Å². The summed E-state index contributed by atoms with van der Waals surface area (Å²) in [6.07, 6.45) is 2.69. The molecule has 1 unspecified atom stereocenters. The Hall–Kier alpha value is -1.49. The lowest BCUT2D eigenvalue weighted by Crippen LogP contribution is -2.31. The highest BCUT2D eigenvalue weighted by atomic mass is 16.4. The van der Waals surface area contributed by atoms with Crippen molar-refractivity contribution in [1.82, 2.24) is 15.3 Å². The lowest BCUT2D eigenvalue weighted by Gasteiger charge is -2.17. The van der Waals surface area contributed by atoms with Gasteiger partial charge in [-0.05, 0) is 12.8 Å². The van der Waals surface area contributed by atoms with E-state index in [2.05, 4.69) is 36.1 Å². The van der Waals surface area contributed by atoms with E-state index >= 15 is 0 Å². The third kappa shape index (κ3) is 3.27. The van der Waals surface area contributed by atoms with Gasteiger partial charge in [-0.25, -0.2) is 14.8 Å². The third-order valence-corrected chi connectivity index (χ3v) is 2.62. The van der Waals surface area contributed by atoms with Crippen LogP contribution in [0.3, 0.4) is 0 Å². The molecule has 1 aromatic heterocycles. The maximum absolute atomic E-state index is 10.9. The molecule has 0 spiro atoms. The Morgan fingerprint density at radius 1 is 1.50 bits per heavy atom.